The lowest BCUT2D eigenvalue weighted by Crippen LogP contribution is -2.33. The molecule has 50 heavy (non-hydrogen) atoms. The second-order valence-corrected chi connectivity index (χ2v) is 16.4. The number of thiazole rings is 2. The highest BCUT2D eigenvalue weighted by atomic mass is 32.2. The summed E-state index contributed by atoms with van der Waals surface area (Å²) in [6, 6.07) is 11.5. The van der Waals surface area contributed by atoms with E-state index in [0.29, 0.717) is 41.6 Å². The maximum Gasteiger partial charge on any atom is 0.175 e. The van der Waals surface area contributed by atoms with Crippen LogP contribution in [0.3, 0.4) is 0 Å². The second kappa shape index (κ2) is 17.1. The van der Waals surface area contributed by atoms with Crippen molar-refractivity contribution < 1.29 is 22.3 Å². The molecule has 3 aromatic heterocycles. The largest absolute Gasteiger partial charge is 0.484 e. The first kappa shape index (κ1) is 36.2. The van der Waals surface area contributed by atoms with Gasteiger partial charge in [-0.3, -0.25) is 0 Å². The average Bonchev–Trinajstić information content (AvgIpc) is 3.92. The molecule has 0 radical (unpaired) electrons. The van der Waals surface area contributed by atoms with Crippen LogP contribution < -0.4 is 15.4 Å². The van der Waals surface area contributed by atoms with Gasteiger partial charge >= 0.3 is 0 Å². The number of aromatic nitrogens is 5. The van der Waals surface area contributed by atoms with E-state index in [0.717, 1.165) is 67.4 Å². The molecule has 0 spiro atoms. The minimum atomic E-state index is -3.15. The van der Waals surface area contributed by atoms with E-state index >= 15 is 0 Å². The molecule has 0 aliphatic carbocycles. The summed E-state index contributed by atoms with van der Waals surface area (Å²) < 4.78 is 50.0. The molecule has 0 bridgehead atoms. The summed E-state index contributed by atoms with van der Waals surface area (Å²) in [5.74, 6) is 1.42. The number of rotatable bonds is 11. The Bertz CT molecular complexity index is 1910. The first-order valence-corrected chi connectivity index (χ1v) is 20.3. The molecule has 7 rings (SSSR count). The fourth-order valence-electron chi connectivity index (χ4n) is 5.93. The van der Waals surface area contributed by atoms with Crippen LogP contribution in [0.5, 0.6) is 5.75 Å². The highest BCUT2D eigenvalue weighted by Crippen LogP contribution is 2.32. The summed E-state index contributed by atoms with van der Waals surface area (Å²) in [5.41, 5.74) is 3.37. The van der Waals surface area contributed by atoms with Gasteiger partial charge in [-0.05, 0) is 81.2 Å². The van der Waals surface area contributed by atoms with Crippen molar-refractivity contribution >= 4 is 32.5 Å². The van der Waals surface area contributed by atoms with E-state index in [2.05, 4.69) is 33.0 Å². The topological polar surface area (TPSA) is 133 Å². The molecule has 15 heteroatoms. The predicted octanol–water partition coefficient (Wildman–Crippen LogP) is 5.89. The molecular weight excluding hydrogens is 698 g/mol. The molecule has 266 valence electrons. The maximum absolute atomic E-state index is 14.3. The molecule has 2 aliphatic rings. The highest BCUT2D eigenvalue weighted by Gasteiger charge is 2.25. The third kappa shape index (κ3) is 9.80. The molecule has 0 amide bonds. The summed E-state index contributed by atoms with van der Waals surface area (Å²) in [4.78, 5) is 13.6. The molecule has 2 fully saturated rings. The van der Waals surface area contributed by atoms with Gasteiger partial charge in [0.1, 0.15) is 19.3 Å². The number of nitrogens with zero attached hydrogens (tertiary/aromatic N) is 5. The lowest BCUT2D eigenvalue weighted by atomic mass is 9.88. The number of benzene rings is 2. The summed E-state index contributed by atoms with van der Waals surface area (Å²) in [7, 11) is -3.15. The van der Waals surface area contributed by atoms with E-state index in [1.807, 2.05) is 5.38 Å². The molecule has 0 unspecified atom stereocenters. The van der Waals surface area contributed by atoms with E-state index in [1.165, 1.54) is 34.7 Å². The molecule has 5 heterocycles. The molecule has 2 aliphatic heterocycles. The minimum absolute atomic E-state index is 0.207. The van der Waals surface area contributed by atoms with Crippen molar-refractivity contribution in [2.24, 2.45) is 5.92 Å². The van der Waals surface area contributed by atoms with Gasteiger partial charge in [-0.1, -0.05) is 19.1 Å². The normalized spacial score (nSPS) is 18.4. The molecule has 2 saturated heterocycles. The van der Waals surface area contributed by atoms with Gasteiger partial charge in [0.25, 0.3) is 0 Å². The van der Waals surface area contributed by atoms with Crippen molar-refractivity contribution in [2.45, 2.75) is 62.7 Å². The fraction of sp³-hybridized carbons (Fsp3) is 0.429. The van der Waals surface area contributed by atoms with Crippen LogP contribution in [0.2, 0.25) is 0 Å². The van der Waals surface area contributed by atoms with Gasteiger partial charge in [0, 0.05) is 34.9 Å². The number of sulfone groups is 1. The Labute approximate surface area is 300 Å². The first-order chi connectivity index (χ1) is 24.2. The van der Waals surface area contributed by atoms with Crippen LogP contribution in [0.1, 0.15) is 65.0 Å². The van der Waals surface area contributed by atoms with Crippen molar-refractivity contribution in [1.82, 2.24) is 35.4 Å². The number of halogens is 1. The second-order valence-electron chi connectivity index (χ2n) is 12.6. The number of ether oxygens (including phenoxy) is 2. The number of piperidine rings is 2. The molecule has 0 saturated carbocycles. The summed E-state index contributed by atoms with van der Waals surface area (Å²) in [5, 5.41) is 17.2. The smallest absolute Gasteiger partial charge is 0.175 e. The lowest BCUT2D eigenvalue weighted by Gasteiger charge is -2.27. The van der Waals surface area contributed by atoms with Crippen LogP contribution in [0.15, 0.2) is 70.8 Å². The lowest BCUT2D eigenvalue weighted by molar-refractivity contribution is 0.105. The quantitative estimate of drug-likeness (QED) is 0.169. The average molecular weight is 740 g/mol. The van der Waals surface area contributed by atoms with E-state index in [1.54, 1.807) is 59.1 Å². The Morgan fingerprint density at radius 2 is 1.64 bits per heavy atom. The van der Waals surface area contributed by atoms with Gasteiger partial charge in [0.05, 0.1) is 45.2 Å². The number of hydrogen-bond donors (Lipinski definition) is 2. The van der Waals surface area contributed by atoms with E-state index in [4.69, 9.17) is 19.4 Å². The minimum Gasteiger partial charge on any atom is -0.484 e. The van der Waals surface area contributed by atoms with Crippen LogP contribution in [0.25, 0.3) is 5.69 Å². The van der Waals surface area contributed by atoms with Gasteiger partial charge in [-0.25, -0.2) is 32.4 Å². The van der Waals surface area contributed by atoms with Crippen LogP contribution in [-0.4, -0.2) is 65.6 Å². The van der Waals surface area contributed by atoms with Gasteiger partial charge in [0.2, 0.25) is 0 Å². The Kier molecular flexibility index (Phi) is 12.4. The van der Waals surface area contributed by atoms with E-state index < -0.39 is 15.7 Å². The molecule has 2 N–H and O–H groups in total. The summed E-state index contributed by atoms with van der Waals surface area (Å²) in [6.45, 7) is 7.64. The standard InChI is InChI=1S/C18H20FN5OS.C17H22N2O3S2/c1-12-7-20-5-4-15(12)18-23-13(9-26-18)8-25-17-3-2-14(6-16(17)19)24-11-21-10-22-24;1-24(20,21)16-4-2-13(3-5-16)10-22-11-15-12-23-17(19-15)14-6-8-18-9-7-14/h2-3,6,9-12,15,20H,4-5,7-8H2,1H3;2-5,12,14,18H,6-11H2,1H3/t12-,15+;/m0./s1. The molecular formula is C35H42FN7O4S3. The third-order valence-corrected chi connectivity index (χ3v) is 12.0. The summed E-state index contributed by atoms with van der Waals surface area (Å²) in [6.07, 6.45) is 7.55. The Hall–Kier alpha value is -3.60. The Morgan fingerprint density at radius 3 is 2.34 bits per heavy atom. The highest BCUT2D eigenvalue weighted by molar-refractivity contribution is 7.90. The molecule has 2 aromatic carbocycles. The van der Waals surface area contributed by atoms with E-state index in [9.17, 15) is 12.8 Å². The Balaban J connectivity index is 0.000000174. The van der Waals surface area contributed by atoms with Crippen molar-refractivity contribution in [2.75, 3.05) is 32.4 Å². The van der Waals surface area contributed by atoms with Gasteiger partial charge in [0.15, 0.2) is 21.4 Å². The number of nitrogens with one attached hydrogen (secondary N) is 2. The SMILES string of the molecule is CS(=O)(=O)c1ccc(COCc2csc(C3CCNCC3)n2)cc1.C[C@H]1CNCC[C@H]1c1nc(COc2ccc(-n3cncn3)cc2F)cs1. The number of hydrogen-bond acceptors (Lipinski definition) is 12. The molecule has 11 nitrogen and oxygen atoms in total. The monoisotopic (exact) mass is 739 g/mol. The fourth-order valence-corrected chi connectivity index (χ4v) is 8.61. The van der Waals surface area contributed by atoms with Crippen molar-refractivity contribution in [1.29, 1.82) is 0 Å². The van der Waals surface area contributed by atoms with E-state index in [-0.39, 0.29) is 12.4 Å². The third-order valence-electron chi connectivity index (χ3n) is 8.77. The predicted molar refractivity (Wildman–Crippen MR) is 192 cm³/mol. The van der Waals surface area contributed by atoms with Crippen LogP contribution in [-0.2, 0) is 34.4 Å². The zero-order chi connectivity index (χ0) is 34.9. The summed E-state index contributed by atoms with van der Waals surface area (Å²) >= 11 is 3.39. The van der Waals surface area contributed by atoms with Crippen LogP contribution in [0, 0.1) is 11.7 Å². The van der Waals surface area contributed by atoms with Gasteiger partial charge in [-0.15, -0.1) is 22.7 Å². The van der Waals surface area contributed by atoms with Crippen molar-refractivity contribution in [3.05, 3.63) is 98.7 Å². The molecule has 2 atom stereocenters. The van der Waals surface area contributed by atoms with Gasteiger partial charge in [-0.2, -0.15) is 5.10 Å². The maximum atomic E-state index is 14.3. The zero-order valence-electron chi connectivity index (χ0n) is 28.1. The van der Waals surface area contributed by atoms with Crippen LogP contribution >= 0.6 is 22.7 Å². The first-order valence-electron chi connectivity index (χ1n) is 16.7. The van der Waals surface area contributed by atoms with Gasteiger partial charge < -0.3 is 20.1 Å². The van der Waals surface area contributed by atoms with Crippen molar-refractivity contribution in [3.63, 3.8) is 0 Å². The van der Waals surface area contributed by atoms with Crippen molar-refractivity contribution in [3.8, 4) is 11.4 Å². The van der Waals surface area contributed by atoms with Crippen LogP contribution in [0.4, 0.5) is 4.39 Å². The zero-order valence-corrected chi connectivity index (χ0v) is 30.6. The Morgan fingerprint density at radius 1 is 0.920 bits per heavy atom. The molecule has 5 aromatic rings.